The van der Waals surface area contributed by atoms with Gasteiger partial charge in [0.1, 0.15) is 11.9 Å². The number of carbonyl (C=O) groups excluding carboxylic acids is 1. The van der Waals surface area contributed by atoms with Gasteiger partial charge in [0.25, 0.3) is 0 Å². The number of ether oxygens (including phenoxy) is 1. The highest BCUT2D eigenvalue weighted by Gasteiger charge is 2.13. The molecule has 1 atom stereocenters. The molecule has 0 bridgehead atoms. The second-order valence-electron chi connectivity index (χ2n) is 2.97. The number of hydrogen-bond acceptors (Lipinski definition) is 6. The van der Waals surface area contributed by atoms with Gasteiger partial charge in [-0.05, 0) is 13.3 Å². The van der Waals surface area contributed by atoms with E-state index in [9.17, 15) is 4.79 Å². The van der Waals surface area contributed by atoms with Crippen molar-refractivity contribution in [2.45, 2.75) is 24.5 Å². The van der Waals surface area contributed by atoms with Gasteiger partial charge in [0, 0.05) is 5.75 Å². The predicted molar refractivity (Wildman–Crippen MR) is 56.5 cm³/mol. The van der Waals surface area contributed by atoms with Crippen molar-refractivity contribution in [2.75, 3.05) is 12.9 Å². The molecule has 0 saturated carbocycles. The van der Waals surface area contributed by atoms with Crippen LogP contribution in [0, 0.1) is 6.92 Å². The van der Waals surface area contributed by atoms with Crippen molar-refractivity contribution in [3.05, 3.63) is 5.82 Å². The number of carbonyl (C=O) groups is 1. The van der Waals surface area contributed by atoms with Gasteiger partial charge in [-0.15, -0.1) is 5.10 Å². The number of aryl methyl sites for hydroxylation is 1. The average molecular weight is 230 g/mol. The van der Waals surface area contributed by atoms with Gasteiger partial charge in [0.05, 0.1) is 7.11 Å². The molecule has 0 aliphatic rings. The number of nitrogens with one attached hydrogen (secondary N) is 1. The van der Waals surface area contributed by atoms with Gasteiger partial charge in [-0.3, -0.25) is 9.89 Å². The number of thioether (sulfide) groups is 1. The number of esters is 1. The molecule has 15 heavy (non-hydrogen) atoms. The molecule has 1 aromatic rings. The van der Waals surface area contributed by atoms with Crippen LogP contribution in [0.1, 0.15) is 12.2 Å². The number of hydrogen-bond donors (Lipinski definition) is 2. The van der Waals surface area contributed by atoms with E-state index < -0.39 is 6.04 Å². The molecule has 0 aliphatic heterocycles. The van der Waals surface area contributed by atoms with Crippen molar-refractivity contribution in [1.82, 2.24) is 15.2 Å². The van der Waals surface area contributed by atoms with E-state index in [1.165, 1.54) is 18.9 Å². The first-order valence-corrected chi connectivity index (χ1v) is 5.47. The Morgan fingerprint density at radius 2 is 2.47 bits per heavy atom. The Bertz CT molecular complexity index is 328. The molecule has 0 aliphatic carbocycles. The van der Waals surface area contributed by atoms with Crippen LogP contribution in [-0.2, 0) is 9.53 Å². The smallest absolute Gasteiger partial charge is 0.322 e. The van der Waals surface area contributed by atoms with Crippen LogP contribution in [0.25, 0.3) is 0 Å². The molecule has 84 valence electrons. The summed E-state index contributed by atoms with van der Waals surface area (Å²) < 4.78 is 4.51. The Morgan fingerprint density at radius 1 is 1.73 bits per heavy atom. The zero-order valence-corrected chi connectivity index (χ0v) is 9.50. The Labute approximate surface area is 92.0 Å². The summed E-state index contributed by atoms with van der Waals surface area (Å²) in [6, 6.07) is -0.567. The summed E-state index contributed by atoms with van der Waals surface area (Å²) in [6.07, 6.45) is 0.547. The molecule has 0 fully saturated rings. The van der Waals surface area contributed by atoms with Crippen molar-refractivity contribution in [3.63, 3.8) is 0 Å². The van der Waals surface area contributed by atoms with Crippen molar-refractivity contribution in [2.24, 2.45) is 5.73 Å². The molecule has 0 spiro atoms. The fraction of sp³-hybridized carbons (Fsp3) is 0.625. The summed E-state index contributed by atoms with van der Waals surface area (Å²) in [7, 11) is 1.33. The predicted octanol–water partition coefficient (Wildman–Crippen LogP) is 0.0956. The topological polar surface area (TPSA) is 93.9 Å². The maximum Gasteiger partial charge on any atom is 0.322 e. The second-order valence-corrected chi connectivity index (χ2v) is 4.03. The van der Waals surface area contributed by atoms with Gasteiger partial charge in [0.15, 0.2) is 0 Å². The molecule has 1 aromatic heterocycles. The van der Waals surface area contributed by atoms with Crippen LogP contribution in [0.5, 0.6) is 0 Å². The highest BCUT2D eigenvalue weighted by atomic mass is 32.2. The number of nitrogens with two attached hydrogens (primary N) is 1. The molecule has 0 saturated heterocycles. The Morgan fingerprint density at radius 3 is 3.00 bits per heavy atom. The molecule has 7 heteroatoms. The standard InChI is InChI=1S/C8H14N4O2S/c1-5-10-8(12-11-5)15-4-3-6(9)7(13)14-2/h6H,3-4,9H2,1-2H3,(H,10,11,12). The van der Waals surface area contributed by atoms with E-state index in [0.717, 1.165) is 5.82 Å². The molecular weight excluding hydrogens is 216 g/mol. The van der Waals surface area contributed by atoms with Crippen molar-refractivity contribution in [3.8, 4) is 0 Å². The Hall–Kier alpha value is -1.08. The van der Waals surface area contributed by atoms with E-state index in [-0.39, 0.29) is 5.97 Å². The fourth-order valence-corrected chi connectivity index (χ4v) is 1.80. The van der Waals surface area contributed by atoms with Crippen LogP contribution in [0.4, 0.5) is 0 Å². The van der Waals surface area contributed by atoms with E-state index in [1.807, 2.05) is 6.92 Å². The number of methoxy groups -OCH3 is 1. The zero-order valence-electron chi connectivity index (χ0n) is 8.69. The third kappa shape index (κ3) is 3.88. The minimum absolute atomic E-state index is 0.387. The van der Waals surface area contributed by atoms with E-state index in [1.54, 1.807) is 0 Å². The van der Waals surface area contributed by atoms with E-state index >= 15 is 0 Å². The third-order valence-electron chi connectivity index (χ3n) is 1.74. The average Bonchev–Trinajstić information content (AvgIpc) is 2.63. The van der Waals surface area contributed by atoms with Gasteiger partial charge in [-0.2, -0.15) is 0 Å². The summed E-state index contributed by atoms with van der Waals surface area (Å²) in [4.78, 5) is 15.1. The zero-order chi connectivity index (χ0) is 11.3. The van der Waals surface area contributed by atoms with Crippen molar-refractivity contribution in [1.29, 1.82) is 0 Å². The van der Waals surface area contributed by atoms with Gasteiger partial charge < -0.3 is 10.5 Å². The van der Waals surface area contributed by atoms with E-state index in [4.69, 9.17) is 5.73 Å². The third-order valence-corrected chi connectivity index (χ3v) is 2.62. The number of aromatic nitrogens is 3. The summed E-state index contributed by atoms with van der Waals surface area (Å²) >= 11 is 1.46. The van der Waals surface area contributed by atoms with E-state index in [0.29, 0.717) is 17.3 Å². The maximum atomic E-state index is 11.0. The minimum atomic E-state index is -0.567. The minimum Gasteiger partial charge on any atom is -0.468 e. The van der Waals surface area contributed by atoms with E-state index in [2.05, 4.69) is 19.9 Å². The lowest BCUT2D eigenvalue weighted by atomic mass is 10.2. The summed E-state index contributed by atoms with van der Waals surface area (Å²) in [5, 5.41) is 7.35. The highest BCUT2D eigenvalue weighted by Crippen LogP contribution is 2.13. The van der Waals surface area contributed by atoms with Crippen LogP contribution in [-0.4, -0.2) is 40.1 Å². The molecule has 0 radical (unpaired) electrons. The van der Waals surface area contributed by atoms with Crippen molar-refractivity contribution < 1.29 is 9.53 Å². The number of rotatable bonds is 5. The fourth-order valence-electron chi connectivity index (χ4n) is 0.933. The lowest BCUT2D eigenvalue weighted by molar-refractivity contribution is -0.142. The molecule has 0 amide bonds. The van der Waals surface area contributed by atoms with Gasteiger partial charge in [-0.25, -0.2) is 4.98 Å². The Kier molecular flexibility index (Phi) is 4.57. The lowest BCUT2D eigenvalue weighted by Crippen LogP contribution is -2.31. The van der Waals surface area contributed by atoms with Crippen LogP contribution in [0.15, 0.2) is 5.16 Å². The molecule has 6 nitrogen and oxygen atoms in total. The normalized spacial score (nSPS) is 12.5. The summed E-state index contributed by atoms with van der Waals surface area (Å²) in [5.41, 5.74) is 5.56. The van der Waals surface area contributed by atoms with Crippen LogP contribution < -0.4 is 5.73 Å². The molecule has 1 heterocycles. The van der Waals surface area contributed by atoms with Crippen LogP contribution in [0.2, 0.25) is 0 Å². The highest BCUT2D eigenvalue weighted by molar-refractivity contribution is 7.99. The molecule has 1 rings (SSSR count). The Balaban J connectivity index is 2.24. The largest absolute Gasteiger partial charge is 0.468 e. The first kappa shape index (κ1) is 12.0. The number of nitrogens with zero attached hydrogens (tertiary/aromatic N) is 2. The van der Waals surface area contributed by atoms with Crippen LogP contribution in [0.3, 0.4) is 0 Å². The summed E-state index contributed by atoms with van der Waals surface area (Å²) in [6.45, 7) is 1.83. The first-order chi connectivity index (χ1) is 7.13. The van der Waals surface area contributed by atoms with Gasteiger partial charge >= 0.3 is 5.97 Å². The monoisotopic (exact) mass is 230 g/mol. The molecule has 0 aromatic carbocycles. The van der Waals surface area contributed by atoms with Gasteiger partial charge in [0.2, 0.25) is 5.16 Å². The van der Waals surface area contributed by atoms with Crippen molar-refractivity contribution >= 4 is 17.7 Å². The first-order valence-electron chi connectivity index (χ1n) is 4.48. The second kappa shape index (κ2) is 5.72. The number of H-pyrrole nitrogens is 1. The molecular formula is C8H14N4O2S. The van der Waals surface area contributed by atoms with Gasteiger partial charge in [-0.1, -0.05) is 11.8 Å². The molecule has 3 N–H and O–H groups in total. The lowest BCUT2D eigenvalue weighted by Gasteiger charge is -2.06. The maximum absolute atomic E-state index is 11.0. The molecule has 1 unspecified atom stereocenters. The quantitative estimate of drug-likeness (QED) is 0.550. The van der Waals surface area contributed by atoms with Crippen LogP contribution >= 0.6 is 11.8 Å². The summed E-state index contributed by atoms with van der Waals surface area (Å²) in [5.74, 6) is 1.07. The SMILES string of the molecule is COC(=O)C(N)CCSc1n[nH]c(C)n1. The number of aromatic amines is 1.